The molecule has 0 unspecified atom stereocenters. The predicted octanol–water partition coefficient (Wildman–Crippen LogP) is 1.81. The lowest BCUT2D eigenvalue weighted by molar-refractivity contribution is 0.0887. The number of aromatic nitrogens is 2. The van der Waals surface area contributed by atoms with Gasteiger partial charge in [0.25, 0.3) is 0 Å². The van der Waals surface area contributed by atoms with E-state index in [0.29, 0.717) is 17.7 Å². The predicted molar refractivity (Wildman–Crippen MR) is 56.4 cm³/mol. The smallest absolute Gasteiger partial charge is 0.201 e. The van der Waals surface area contributed by atoms with Gasteiger partial charge in [0.1, 0.15) is 0 Å². The number of hydrogen-bond donors (Lipinski definition) is 0. The molecule has 3 heteroatoms. The van der Waals surface area contributed by atoms with Gasteiger partial charge in [0.2, 0.25) is 5.78 Å². The largest absolute Gasteiger partial charge is 0.332 e. The molecule has 0 amide bonds. The molecule has 0 aromatic carbocycles. The highest BCUT2D eigenvalue weighted by Crippen LogP contribution is 2.44. The summed E-state index contributed by atoms with van der Waals surface area (Å²) in [6, 6.07) is 0. The van der Waals surface area contributed by atoms with E-state index in [2.05, 4.69) is 17.1 Å². The molecule has 0 radical (unpaired) electrons. The summed E-state index contributed by atoms with van der Waals surface area (Å²) < 4.78 is 1.82. The molecule has 0 N–H and O–H groups in total. The van der Waals surface area contributed by atoms with Crippen molar-refractivity contribution in [1.82, 2.24) is 9.55 Å². The molecule has 0 saturated heterocycles. The molecule has 2 aliphatic rings. The van der Waals surface area contributed by atoms with Gasteiger partial charge >= 0.3 is 0 Å². The van der Waals surface area contributed by atoms with Crippen LogP contribution in [0.1, 0.15) is 23.5 Å². The maximum Gasteiger partial charge on any atom is 0.201 e. The summed E-state index contributed by atoms with van der Waals surface area (Å²) >= 11 is 0. The van der Waals surface area contributed by atoms with Gasteiger partial charge in [-0.3, -0.25) is 4.79 Å². The highest BCUT2D eigenvalue weighted by Gasteiger charge is 2.40. The van der Waals surface area contributed by atoms with Gasteiger partial charge in [0.05, 0.1) is 0 Å². The van der Waals surface area contributed by atoms with Crippen LogP contribution in [0.15, 0.2) is 24.5 Å². The number of fused-ring (bicyclic) bond motifs is 2. The highest BCUT2D eigenvalue weighted by atomic mass is 16.1. The van der Waals surface area contributed by atoms with Crippen LogP contribution in [-0.2, 0) is 7.05 Å². The molecule has 15 heavy (non-hydrogen) atoms. The Labute approximate surface area is 88.8 Å². The van der Waals surface area contributed by atoms with Crippen LogP contribution in [0.4, 0.5) is 0 Å². The Bertz CT molecular complexity index is 433. The first kappa shape index (κ1) is 8.89. The topological polar surface area (TPSA) is 34.9 Å². The molecule has 3 nitrogen and oxygen atoms in total. The molecule has 3 rings (SSSR count). The second-order valence-electron chi connectivity index (χ2n) is 4.61. The third-order valence-corrected chi connectivity index (χ3v) is 3.66. The average molecular weight is 202 g/mol. The van der Waals surface area contributed by atoms with E-state index in [4.69, 9.17) is 0 Å². The van der Waals surface area contributed by atoms with Crippen molar-refractivity contribution in [3.8, 4) is 0 Å². The molecule has 3 atom stereocenters. The van der Waals surface area contributed by atoms with E-state index in [1.165, 1.54) is 6.42 Å². The van der Waals surface area contributed by atoms with Gasteiger partial charge in [-0.2, -0.15) is 0 Å². The Morgan fingerprint density at radius 1 is 1.47 bits per heavy atom. The van der Waals surface area contributed by atoms with Crippen LogP contribution in [0.25, 0.3) is 0 Å². The summed E-state index contributed by atoms with van der Waals surface area (Å²) in [5.41, 5.74) is 0. The molecule has 0 aliphatic heterocycles. The number of Topliss-reactive ketones (excluding diaryl/α,β-unsaturated/α-hetero) is 1. The third kappa shape index (κ3) is 1.26. The Balaban J connectivity index is 1.87. The molecule has 2 bridgehead atoms. The van der Waals surface area contributed by atoms with Crippen LogP contribution in [0.5, 0.6) is 0 Å². The first-order valence-corrected chi connectivity index (χ1v) is 5.45. The molecule has 1 heterocycles. The molecule has 1 saturated carbocycles. The molecular formula is C12H14N2O. The second-order valence-corrected chi connectivity index (χ2v) is 4.61. The van der Waals surface area contributed by atoms with Gasteiger partial charge in [-0.25, -0.2) is 4.98 Å². The maximum absolute atomic E-state index is 12.2. The van der Waals surface area contributed by atoms with Crippen molar-refractivity contribution in [2.75, 3.05) is 0 Å². The van der Waals surface area contributed by atoms with Gasteiger partial charge in [-0.1, -0.05) is 12.2 Å². The van der Waals surface area contributed by atoms with Crippen molar-refractivity contribution < 1.29 is 4.79 Å². The zero-order valence-corrected chi connectivity index (χ0v) is 8.76. The van der Waals surface area contributed by atoms with Crippen LogP contribution in [-0.4, -0.2) is 15.3 Å². The van der Waals surface area contributed by atoms with Crippen molar-refractivity contribution in [2.24, 2.45) is 24.8 Å². The van der Waals surface area contributed by atoms with E-state index in [1.54, 1.807) is 6.20 Å². The van der Waals surface area contributed by atoms with Gasteiger partial charge in [-0.05, 0) is 24.7 Å². The van der Waals surface area contributed by atoms with Crippen LogP contribution < -0.4 is 0 Å². The first-order valence-electron chi connectivity index (χ1n) is 5.45. The van der Waals surface area contributed by atoms with E-state index in [0.717, 1.165) is 6.42 Å². The highest BCUT2D eigenvalue weighted by molar-refractivity contribution is 5.95. The molecule has 1 aromatic rings. The third-order valence-electron chi connectivity index (χ3n) is 3.66. The van der Waals surface area contributed by atoms with Crippen LogP contribution in [0.2, 0.25) is 0 Å². The van der Waals surface area contributed by atoms with Gasteiger partial charge < -0.3 is 4.57 Å². The van der Waals surface area contributed by atoms with E-state index in [-0.39, 0.29) is 11.7 Å². The summed E-state index contributed by atoms with van der Waals surface area (Å²) in [6.07, 6.45) is 10.2. The SMILES string of the molecule is Cn1ccnc1C(=O)[C@H]1C[C@H]2C=C[C@@H]1C2. The summed E-state index contributed by atoms with van der Waals surface area (Å²) in [5.74, 6) is 2.13. The van der Waals surface area contributed by atoms with Crippen molar-refractivity contribution in [2.45, 2.75) is 12.8 Å². The molecular weight excluding hydrogens is 188 g/mol. The van der Waals surface area contributed by atoms with Crippen LogP contribution >= 0.6 is 0 Å². The van der Waals surface area contributed by atoms with Crippen molar-refractivity contribution in [3.05, 3.63) is 30.4 Å². The number of rotatable bonds is 2. The van der Waals surface area contributed by atoms with E-state index in [1.807, 2.05) is 17.8 Å². The number of imidazole rings is 1. The fraction of sp³-hybridized carbons (Fsp3) is 0.500. The van der Waals surface area contributed by atoms with Crippen molar-refractivity contribution >= 4 is 5.78 Å². The second kappa shape index (κ2) is 3.05. The minimum Gasteiger partial charge on any atom is -0.332 e. The van der Waals surface area contributed by atoms with Gasteiger partial charge in [0, 0.05) is 25.4 Å². The Morgan fingerprint density at radius 3 is 2.87 bits per heavy atom. The van der Waals surface area contributed by atoms with E-state index < -0.39 is 0 Å². The summed E-state index contributed by atoms with van der Waals surface area (Å²) in [4.78, 5) is 16.3. The number of carbonyl (C=O) groups excluding carboxylic acids is 1. The zero-order chi connectivity index (χ0) is 10.4. The standard InChI is InChI=1S/C12H14N2O/c1-14-5-4-13-12(14)11(15)10-7-8-2-3-9(10)6-8/h2-5,8-10H,6-7H2,1H3/t8-,9+,10-/m0/s1. The monoisotopic (exact) mass is 202 g/mol. The Morgan fingerprint density at radius 2 is 2.33 bits per heavy atom. The lowest BCUT2D eigenvalue weighted by atomic mass is 9.89. The molecule has 1 fully saturated rings. The van der Waals surface area contributed by atoms with Crippen LogP contribution in [0.3, 0.4) is 0 Å². The number of aryl methyl sites for hydroxylation is 1. The van der Waals surface area contributed by atoms with Gasteiger partial charge in [-0.15, -0.1) is 0 Å². The lowest BCUT2D eigenvalue weighted by Gasteiger charge is -2.15. The number of nitrogens with zero attached hydrogens (tertiary/aromatic N) is 2. The quantitative estimate of drug-likeness (QED) is 0.541. The number of ketones is 1. The lowest BCUT2D eigenvalue weighted by Crippen LogP contribution is -2.22. The van der Waals surface area contributed by atoms with Crippen LogP contribution in [0, 0.1) is 17.8 Å². The van der Waals surface area contributed by atoms with Crippen molar-refractivity contribution in [1.29, 1.82) is 0 Å². The average Bonchev–Trinajstić information content (AvgIpc) is 2.91. The van der Waals surface area contributed by atoms with E-state index >= 15 is 0 Å². The zero-order valence-electron chi connectivity index (χ0n) is 8.76. The number of carbonyl (C=O) groups is 1. The Kier molecular flexibility index (Phi) is 1.81. The van der Waals surface area contributed by atoms with Crippen molar-refractivity contribution in [3.63, 3.8) is 0 Å². The Hall–Kier alpha value is -1.38. The first-order chi connectivity index (χ1) is 7.25. The summed E-state index contributed by atoms with van der Waals surface area (Å²) in [7, 11) is 1.88. The molecule has 78 valence electrons. The minimum absolute atomic E-state index is 0.182. The normalized spacial score (nSPS) is 32.5. The molecule has 0 spiro atoms. The fourth-order valence-electron chi connectivity index (χ4n) is 2.85. The maximum atomic E-state index is 12.2. The molecule has 1 aromatic heterocycles. The number of allylic oxidation sites excluding steroid dienone is 2. The summed E-state index contributed by atoms with van der Waals surface area (Å²) in [6.45, 7) is 0. The summed E-state index contributed by atoms with van der Waals surface area (Å²) in [5, 5.41) is 0. The number of hydrogen-bond acceptors (Lipinski definition) is 2. The molecule has 2 aliphatic carbocycles. The van der Waals surface area contributed by atoms with E-state index in [9.17, 15) is 4.79 Å². The van der Waals surface area contributed by atoms with Gasteiger partial charge in [0.15, 0.2) is 5.82 Å². The minimum atomic E-state index is 0.182. The fourth-order valence-corrected chi connectivity index (χ4v) is 2.85.